The summed E-state index contributed by atoms with van der Waals surface area (Å²) < 4.78 is 2.13. The number of nitrogens with one attached hydrogen (secondary N) is 1. The Morgan fingerprint density at radius 2 is 2.33 bits per heavy atom. The summed E-state index contributed by atoms with van der Waals surface area (Å²) in [4.78, 5) is 15.8. The molecular formula is C13H21N3O2. The van der Waals surface area contributed by atoms with Gasteiger partial charge in [-0.1, -0.05) is 0 Å². The first-order chi connectivity index (χ1) is 8.50. The Labute approximate surface area is 107 Å². The average molecular weight is 251 g/mol. The van der Waals surface area contributed by atoms with Crippen LogP contribution in [-0.2, 0) is 4.79 Å². The lowest BCUT2D eigenvalue weighted by atomic mass is 9.79. The van der Waals surface area contributed by atoms with E-state index in [1.54, 1.807) is 7.05 Å². The maximum absolute atomic E-state index is 11.5. The number of imidazole rings is 1. The fourth-order valence-corrected chi connectivity index (χ4v) is 2.90. The third kappa shape index (κ3) is 2.03. The van der Waals surface area contributed by atoms with Crippen molar-refractivity contribution in [1.82, 2.24) is 14.9 Å². The Bertz CT molecular complexity index is 455. The average Bonchev–Trinajstić information content (AvgIpc) is 2.70. The van der Waals surface area contributed by atoms with Crippen LogP contribution < -0.4 is 5.32 Å². The van der Waals surface area contributed by atoms with E-state index >= 15 is 0 Å². The number of carboxylic acid groups (broad SMARTS) is 1. The van der Waals surface area contributed by atoms with Crippen molar-refractivity contribution in [2.75, 3.05) is 7.05 Å². The quantitative estimate of drug-likeness (QED) is 0.857. The molecule has 0 amide bonds. The first-order valence-electron chi connectivity index (χ1n) is 6.42. The van der Waals surface area contributed by atoms with Crippen molar-refractivity contribution in [1.29, 1.82) is 0 Å². The Morgan fingerprint density at radius 3 is 2.83 bits per heavy atom. The van der Waals surface area contributed by atoms with Gasteiger partial charge in [-0.25, -0.2) is 4.98 Å². The second-order valence-corrected chi connectivity index (χ2v) is 5.21. The fraction of sp³-hybridized carbons (Fsp3) is 0.692. The highest BCUT2D eigenvalue weighted by molar-refractivity contribution is 5.79. The summed E-state index contributed by atoms with van der Waals surface area (Å²) in [6.45, 7) is 4.02. The zero-order valence-corrected chi connectivity index (χ0v) is 11.2. The number of carbonyl (C=O) groups is 1. The minimum atomic E-state index is -0.784. The highest BCUT2D eigenvalue weighted by atomic mass is 16.4. The molecule has 1 saturated carbocycles. The van der Waals surface area contributed by atoms with Crippen molar-refractivity contribution in [2.45, 2.75) is 51.1 Å². The molecule has 0 aliphatic heterocycles. The monoisotopic (exact) mass is 251 g/mol. The van der Waals surface area contributed by atoms with E-state index in [4.69, 9.17) is 0 Å². The number of nitrogens with zero attached hydrogens (tertiary/aromatic N) is 2. The molecule has 1 aliphatic rings. The molecule has 0 saturated heterocycles. The smallest absolute Gasteiger partial charge is 0.323 e. The number of hydrogen-bond acceptors (Lipinski definition) is 3. The molecule has 5 heteroatoms. The van der Waals surface area contributed by atoms with Crippen molar-refractivity contribution in [3.05, 3.63) is 17.7 Å². The zero-order chi connectivity index (χ0) is 13.3. The summed E-state index contributed by atoms with van der Waals surface area (Å²) in [6, 6.07) is 0.225. The molecule has 0 spiro atoms. The molecule has 5 nitrogen and oxygen atoms in total. The Kier molecular flexibility index (Phi) is 3.43. The second kappa shape index (κ2) is 4.72. The molecule has 1 aliphatic carbocycles. The molecular weight excluding hydrogens is 230 g/mol. The number of aliphatic carboxylic acids is 1. The van der Waals surface area contributed by atoms with E-state index in [1.165, 1.54) is 0 Å². The molecule has 0 bridgehead atoms. The number of rotatable bonds is 3. The molecule has 100 valence electrons. The van der Waals surface area contributed by atoms with Gasteiger partial charge in [0.2, 0.25) is 0 Å². The van der Waals surface area contributed by atoms with Gasteiger partial charge in [0, 0.05) is 11.7 Å². The summed E-state index contributed by atoms with van der Waals surface area (Å²) in [5, 5.41) is 12.5. The topological polar surface area (TPSA) is 67.2 Å². The summed E-state index contributed by atoms with van der Waals surface area (Å²) in [5.41, 5.74) is 1.37. The van der Waals surface area contributed by atoms with Crippen molar-refractivity contribution in [3.8, 4) is 0 Å². The molecule has 0 radical (unpaired) electrons. The van der Waals surface area contributed by atoms with Crippen LogP contribution >= 0.6 is 0 Å². The van der Waals surface area contributed by atoms with E-state index in [2.05, 4.69) is 14.9 Å². The number of carboxylic acids is 1. The summed E-state index contributed by atoms with van der Waals surface area (Å²) >= 11 is 0. The Hall–Kier alpha value is -1.36. The van der Waals surface area contributed by atoms with Crippen molar-refractivity contribution < 1.29 is 9.90 Å². The molecule has 0 aromatic carbocycles. The second-order valence-electron chi connectivity index (χ2n) is 5.21. The third-order valence-corrected chi connectivity index (χ3v) is 4.29. The lowest BCUT2D eigenvalue weighted by Gasteiger charge is -2.38. The first kappa shape index (κ1) is 13.1. The number of aromatic nitrogens is 2. The lowest BCUT2D eigenvalue weighted by Crippen LogP contribution is -2.53. The van der Waals surface area contributed by atoms with Crippen LogP contribution in [0.25, 0.3) is 0 Å². The molecule has 18 heavy (non-hydrogen) atoms. The minimum Gasteiger partial charge on any atom is -0.480 e. The van der Waals surface area contributed by atoms with Gasteiger partial charge in [0.25, 0.3) is 0 Å². The number of likely N-dealkylation sites (N-methyl/N-ethyl adjacent to an activating group) is 1. The van der Waals surface area contributed by atoms with Crippen LogP contribution in [0.1, 0.15) is 43.1 Å². The van der Waals surface area contributed by atoms with Crippen molar-refractivity contribution in [3.63, 3.8) is 0 Å². The van der Waals surface area contributed by atoms with Gasteiger partial charge in [-0.15, -0.1) is 0 Å². The highest BCUT2D eigenvalue weighted by Crippen LogP contribution is 2.36. The van der Waals surface area contributed by atoms with Gasteiger partial charge >= 0.3 is 5.97 Å². The molecule has 1 aromatic heterocycles. The van der Waals surface area contributed by atoms with Gasteiger partial charge in [0.05, 0.1) is 12.0 Å². The molecule has 1 heterocycles. The van der Waals surface area contributed by atoms with Crippen LogP contribution in [0.5, 0.6) is 0 Å². The Balaban J connectivity index is 2.26. The van der Waals surface area contributed by atoms with Gasteiger partial charge in [-0.2, -0.15) is 0 Å². The molecule has 1 aromatic rings. The largest absolute Gasteiger partial charge is 0.480 e. The molecule has 2 unspecified atom stereocenters. The lowest BCUT2D eigenvalue weighted by molar-refractivity contribution is -0.146. The summed E-state index contributed by atoms with van der Waals surface area (Å²) in [5.74, 6) is -0.746. The van der Waals surface area contributed by atoms with Crippen LogP contribution in [0.3, 0.4) is 0 Å². The zero-order valence-electron chi connectivity index (χ0n) is 11.2. The van der Waals surface area contributed by atoms with Crippen LogP contribution in [0.15, 0.2) is 6.33 Å². The number of aryl methyl sites for hydroxylation is 1. The third-order valence-electron chi connectivity index (χ3n) is 4.29. The van der Waals surface area contributed by atoms with Crippen LogP contribution in [0.4, 0.5) is 0 Å². The first-order valence-corrected chi connectivity index (χ1v) is 6.42. The van der Waals surface area contributed by atoms with Crippen molar-refractivity contribution in [2.24, 2.45) is 0 Å². The van der Waals surface area contributed by atoms with E-state index in [0.29, 0.717) is 12.8 Å². The maximum atomic E-state index is 11.5. The van der Waals surface area contributed by atoms with Crippen LogP contribution in [-0.4, -0.2) is 33.2 Å². The van der Waals surface area contributed by atoms with Gasteiger partial charge in [-0.05, 0) is 46.6 Å². The van der Waals surface area contributed by atoms with Gasteiger partial charge < -0.3 is 15.0 Å². The van der Waals surface area contributed by atoms with E-state index in [9.17, 15) is 9.90 Å². The predicted molar refractivity (Wildman–Crippen MR) is 68.6 cm³/mol. The fourth-order valence-electron chi connectivity index (χ4n) is 2.90. The predicted octanol–water partition coefficient (Wildman–Crippen LogP) is 1.66. The van der Waals surface area contributed by atoms with Gasteiger partial charge in [0.1, 0.15) is 5.54 Å². The summed E-state index contributed by atoms with van der Waals surface area (Å²) in [6.07, 6.45) is 5.10. The molecule has 2 atom stereocenters. The van der Waals surface area contributed by atoms with Gasteiger partial charge in [0.15, 0.2) is 0 Å². The minimum absolute atomic E-state index is 0.225. The van der Waals surface area contributed by atoms with Crippen LogP contribution in [0, 0.1) is 13.8 Å². The van der Waals surface area contributed by atoms with Gasteiger partial charge in [-0.3, -0.25) is 4.79 Å². The van der Waals surface area contributed by atoms with E-state index < -0.39 is 11.5 Å². The summed E-state index contributed by atoms with van der Waals surface area (Å²) in [7, 11) is 1.74. The van der Waals surface area contributed by atoms with Crippen molar-refractivity contribution >= 4 is 5.97 Å². The normalized spacial score (nSPS) is 28.3. The van der Waals surface area contributed by atoms with E-state index in [1.807, 2.05) is 20.2 Å². The van der Waals surface area contributed by atoms with E-state index in [-0.39, 0.29) is 6.04 Å². The maximum Gasteiger partial charge on any atom is 0.323 e. The SMILES string of the molecule is CNC1(C(=O)O)CCCC(n2cnc(C)c2C)C1. The standard InChI is InChI=1S/C13H21N3O2/c1-9-10(2)16(8-15-9)11-5-4-6-13(7-11,14-3)12(17)18/h8,11,14H,4-7H2,1-3H3,(H,17,18). The van der Waals surface area contributed by atoms with Crippen LogP contribution in [0.2, 0.25) is 0 Å². The Morgan fingerprint density at radius 1 is 1.61 bits per heavy atom. The highest BCUT2D eigenvalue weighted by Gasteiger charge is 2.42. The molecule has 2 rings (SSSR count). The number of hydrogen-bond donors (Lipinski definition) is 2. The molecule has 1 fully saturated rings. The molecule has 2 N–H and O–H groups in total. The van der Waals surface area contributed by atoms with E-state index in [0.717, 1.165) is 24.2 Å².